The Labute approximate surface area is 107 Å². The Kier molecular flexibility index (Phi) is 3.99. The molecular weight excluding hydrogens is 228 g/mol. The summed E-state index contributed by atoms with van der Waals surface area (Å²) in [6.45, 7) is 5.30. The average molecular weight is 246 g/mol. The van der Waals surface area contributed by atoms with Gasteiger partial charge in [-0.3, -0.25) is 4.68 Å². The molecule has 0 saturated carbocycles. The summed E-state index contributed by atoms with van der Waals surface area (Å²) < 4.78 is 7.68. The SMILES string of the molecule is CCn1nc(C)cc1COc1ccccc1CO. The molecule has 1 aromatic carbocycles. The molecule has 0 atom stereocenters. The zero-order chi connectivity index (χ0) is 13.0. The van der Waals surface area contributed by atoms with Gasteiger partial charge in [0.25, 0.3) is 0 Å². The molecule has 0 aliphatic rings. The van der Waals surface area contributed by atoms with Gasteiger partial charge >= 0.3 is 0 Å². The van der Waals surface area contributed by atoms with Crippen molar-refractivity contribution in [2.24, 2.45) is 0 Å². The van der Waals surface area contributed by atoms with E-state index in [1.54, 1.807) is 0 Å². The highest BCUT2D eigenvalue weighted by molar-refractivity contribution is 5.32. The number of ether oxygens (including phenoxy) is 1. The number of aliphatic hydroxyl groups excluding tert-OH is 1. The van der Waals surface area contributed by atoms with Gasteiger partial charge in [0.2, 0.25) is 0 Å². The van der Waals surface area contributed by atoms with Crippen molar-refractivity contribution >= 4 is 0 Å². The second-order valence-corrected chi connectivity index (χ2v) is 4.15. The average Bonchev–Trinajstić information content (AvgIpc) is 2.77. The van der Waals surface area contributed by atoms with Crippen LogP contribution in [0.4, 0.5) is 0 Å². The minimum absolute atomic E-state index is 0.0117. The quantitative estimate of drug-likeness (QED) is 0.880. The Balaban J connectivity index is 2.11. The van der Waals surface area contributed by atoms with Crippen LogP contribution >= 0.6 is 0 Å². The lowest BCUT2D eigenvalue weighted by Gasteiger charge is -2.10. The third kappa shape index (κ3) is 2.71. The number of aliphatic hydroxyl groups is 1. The molecule has 0 aliphatic heterocycles. The minimum atomic E-state index is -0.0117. The fraction of sp³-hybridized carbons (Fsp3) is 0.357. The standard InChI is InChI=1S/C14H18N2O2/c1-3-16-13(8-11(2)15-16)10-18-14-7-5-4-6-12(14)9-17/h4-8,17H,3,9-10H2,1-2H3. The molecule has 0 unspecified atom stereocenters. The topological polar surface area (TPSA) is 47.3 Å². The Morgan fingerprint density at radius 1 is 1.33 bits per heavy atom. The van der Waals surface area contributed by atoms with Crippen molar-refractivity contribution < 1.29 is 9.84 Å². The molecule has 0 bridgehead atoms. The van der Waals surface area contributed by atoms with Crippen LogP contribution in [0.3, 0.4) is 0 Å². The highest BCUT2D eigenvalue weighted by Gasteiger charge is 2.06. The Morgan fingerprint density at radius 2 is 2.11 bits per heavy atom. The van der Waals surface area contributed by atoms with E-state index in [0.29, 0.717) is 6.61 Å². The normalized spacial score (nSPS) is 10.6. The monoisotopic (exact) mass is 246 g/mol. The molecular formula is C14H18N2O2. The molecule has 1 heterocycles. The lowest BCUT2D eigenvalue weighted by atomic mass is 10.2. The van der Waals surface area contributed by atoms with Crippen molar-refractivity contribution in [2.75, 3.05) is 0 Å². The fourth-order valence-corrected chi connectivity index (χ4v) is 1.92. The van der Waals surface area contributed by atoms with Crippen molar-refractivity contribution in [3.05, 3.63) is 47.3 Å². The lowest BCUT2D eigenvalue weighted by Crippen LogP contribution is -2.06. The summed E-state index contributed by atoms with van der Waals surface area (Å²) in [6, 6.07) is 9.53. The van der Waals surface area contributed by atoms with Gasteiger partial charge in [0.05, 0.1) is 18.0 Å². The molecule has 2 aromatic rings. The Morgan fingerprint density at radius 3 is 2.83 bits per heavy atom. The maximum atomic E-state index is 9.22. The van der Waals surface area contributed by atoms with E-state index in [0.717, 1.165) is 29.2 Å². The van der Waals surface area contributed by atoms with Gasteiger partial charge in [-0.05, 0) is 26.0 Å². The molecule has 0 aliphatic carbocycles. The summed E-state index contributed by atoms with van der Waals surface area (Å²) in [5.74, 6) is 0.724. The zero-order valence-corrected chi connectivity index (χ0v) is 10.8. The maximum Gasteiger partial charge on any atom is 0.130 e. The molecule has 4 nitrogen and oxygen atoms in total. The van der Waals surface area contributed by atoms with Crippen molar-refractivity contribution in [3.63, 3.8) is 0 Å². The first kappa shape index (κ1) is 12.6. The summed E-state index contributed by atoms with van der Waals surface area (Å²) in [5.41, 5.74) is 2.84. The van der Waals surface area contributed by atoms with Crippen LogP contribution in [0.25, 0.3) is 0 Å². The lowest BCUT2D eigenvalue weighted by molar-refractivity contribution is 0.255. The van der Waals surface area contributed by atoms with Crippen LogP contribution in [0.15, 0.2) is 30.3 Å². The number of benzene rings is 1. The zero-order valence-electron chi connectivity index (χ0n) is 10.8. The van der Waals surface area contributed by atoms with E-state index in [2.05, 4.69) is 12.0 Å². The third-order valence-corrected chi connectivity index (χ3v) is 2.80. The van der Waals surface area contributed by atoms with Crippen LogP contribution in [-0.4, -0.2) is 14.9 Å². The first-order chi connectivity index (χ1) is 8.74. The predicted octanol–water partition coefficient (Wildman–Crippen LogP) is 2.28. The summed E-state index contributed by atoms with van der Waals surface area (Å²) in [7, 11) is 0. The van der Waals surface area contributed by atoms with Gasteiger partial charge in [0.1, 0.15) is 12.4 Å². The van der Waals surface area contributed by atoms with Crippen LogP contribution < -0.4 is 4.74 Å². The number of hydrogen-bond donors (Lipinski definition) is 1. The molecule has 2 rings (SSSR count). The van der Waals surface area contributed by atoms with Gasteiger partial charge in [-0.1, -0.05) is 18.2 Å². The molecule has 0 spiro atoms. The van der Waals surface area contributed by atoms with Crippen molar-refractivity contribution in [3.8, 4) is 5.75 Å². The molecule has 1 aromatic heterocycles. The van der Waals surface area contributed by atoms with Crippen LogP contribution in [0.5, 0.6) is 5.75 Å². The number of nitrogens with zero attached hydrogens (tertiary/aromatic N) is 2. The van der Waals surface area contributed by atoms with Crippen molar-refractivity contribution in [1.29, 1.82) is 0 Å². The Hall–Kier alpha value is -1.81. The highest BCUT2D eigenvalue weighted by Crippen LogP contribution is 2.19. The summed E-state index contributed by atoms with van der Waals surface area (Å²) in [6.07, 6.45) is 0. The fourth-order valence-electron chi connectivity index (χ4n) is 1.92. The number of rotatable bonds is 5. The Bertz CT molecular complexity index is 520. The second kappa shape index (κ2) is 5.69. The van der Waals surface area contributed by atoms with Crippen LogP contribution in [0.1, 0.15) is 23.9 Å². The van der Waals surface area contributed by atoms with Gasteiger partial charge in [-0.2, -0.15) is 5.10 Å². The van der Waals surface area contributed by atoms with Gasteiger partial charge in [0.15, 0.2) is 0 Å². The second-order valence-electron chi connectivity index (χ2n) is 4.15. The number of aromatic nitrogens is 2. The number of hydrogen-bond acceptors (Lipinski definition) is 3. The highest BCUT2D eigenvalue weighted by atomic mass is 16.5. The van der Waals surface area contributed by atoms with Gasteiger partial charge in [-0.25, -0.2) is 0 Å². The van der Waals surface area contributed by atoms with Crippen molar-refractivity contribution in [1.82, 2.24) is 9.78 Å². The molecule has 0 radical (unpaired) electrons. The molecule has 0 fully saturated rings. The number of aryl methyl sites for hydroxylation is 2. The maximum absolute atomic E-state index is 9.22. The summed E-state index contributed by atoms with van der Waals surface area (Å²) >= 11 is 0. The van der Waals surface area contributed by atoms with Gasteiger partial charge in [-0.15, -0.1) is 0 Å². The molecule has 0 amide bonds. The first-order valence-corrected chi connectivity index (χ1v) is 6.09. The van der Waals surface area contributed by atoms with Crippen LogP contribution in [0.2, 0.25) is 0 Å². The predicted molar refractivity (Wildman–Crippen MR) is 69.3 cm³/mol. The first-order valence-electron chi connectivity index (χ1n) is 6.09. The van der Waals surface area contributed by atoms with Crippen LogP contribution in [0, 0.1) is 6.92 Å². The van der Waals surface area contributed by atoms with Gasteiger partial charge in [0, 0.05) is 12.1 Å². The van der Waals surface area contributed by atoms with Crippen molar-refractivity contribution in [2.45, 2.75) is 33.6 Å². The van der Waals surface area contributed by atoms with E-state index in [9.17, 15) is 5.11 Å². The minimum Gasteiger partial charge on any atom is -0.487 e. The van der Waals surface area contributed by atoms with E-state index in [4.69, 9.17) is 4.74 Å². The third-order valence-electron chi connectivity index (χ3n) is 2.80. The summed E-state index contributed by atoms with van der Waals surface area (Å²) in [5, 5.41) is 13.6. The molecule has 4 heteroatoms. The molecule has 18 heavy (non-hydrogen) atoms. The number of para-hydroxylation sites is 1. The molecule has 0 saturated heterocycles. The smallest absolute Gasteiger partial charge is 0.130 e. The van der Waals surface area contributed by atoms with Gasteiger partial charge < -0.3 is 9.84 Å². The van der Waals surface area contributed by atoms with E-state index >= 15 is 0 Å². The van der Waals surface area contributed by atoms with E-state index in [1.165, 1.54) is 0 Å². The molecule has 1 N–H and O–H groups in total. The van der Waals surface area contributed by atoms with E-state index in [-0.39, 0.29) is 6.61 Å². The van der Waals surface area contributed by atoms with E-state index in [1.807, 2.05) is 41.9 Å². The summed E-state index contributed by atoms with van der Waals surface area (Å²) in [4.78, 5) is 0. The van der Waals surface area contributed by atoms with Crippen LogP contribution in [-0.2, 0) is 19.8 Å². The van der Waals surface area contributed by atoms with E-state index < -0.39 is 0 Å². The largest absolute Gasteiger partial charge is 0.487 e. The molecule has 96 valence electrons.